The van der Waals surface area contributed by atoms with Gasteiger partial charge >= 0.3 is 5.69 Å². The first-order valence-electron chi connectivity index (χ1n) is 4.80. The summed E-state index contributed by atoms with van der Waals surface area (Å²) in [5.74, 6) is -0.176. The zero-order chi connectivity index (χ0) is 12.6. The molecule has 2 aromatic heterocycles. The molecule has 0 saturated carbocycles. The van der Waals surface area contributed by atoms with Gasteiger partial charge in [0.1, 0.15) is 11.2 Å². The van der Waals surface area contributed by atoms with Crippen LogP contribution >= 0.6 is 0 Å². The van der Waals surface area contributed by atoms with Crippen LogP contribution in [0.3, 0.4) is 0 Å². The zero-order valence-electron chi connectivity index (χ0n) is 8.80. The molecule has 0 radical (unpaired) electrons. The second-order valence-corrected chi connectivity index (χ2v) is 3.37. The van der Waals surface area contributed by atoms with Crippen LogP contribution < -0.4 is 28.5 Å². The maximum absolute atomic E-state index is 11.6. The Morgan fingerprint density at radius 1 is 1.24 bits per heavy atom. The summed E-state index contributed by atoms with van der Waals surface area (Å²) in [7, 11) is 0. The van der Waals surface area contributed by atoms with Crippen LogP contribution in [0.15, 0.2) is 9.59 Å². The Kier molecular flexibility index (Phi) is 2.52. The number of nitrogens with zero attached hydrogens (tertiary/aromatic N) is 3. The number of nitrogen functional groups attached to an aromatic ring is 2. The Labute approximate surface area is 94.3 Å². The molecule has 0 aromatic carbocycles. The number of nitrogens with one attached hydrogen (secondary N) is 1. The number of aromatic amines is 1. The van der Waals surface area contributed by atoms with Gasteiger partial charge in [0.2, 0.25) is 5.95 Å². The molecule has 0 fully saturated rings. The molecule has 9 heteroatoms. The van der Waals surface area contributed by atoms with Crippen LogP contribution in [0.5, 0.6) is 0 Å². The highest BCUT2D eigenvalue weighted by Gasteiger charge is 2.13. The molecule has 0 atom stereocenters. The topological polar surface area (TPSA) is 159 Å². The van der Waals surface area contributed by atoms with Crippen molar-refractivity contribution >= 4 is 22.8 Å². The van der Waals surface area contributed by atoms with Crippen molar-refractivity contribution in [3.8, 4) is 0 Å². The standard InChI is InChI=1S/C8H11N7O2/c9-1-2-15-5-3(6(16)14-8(15)17)4(10)12-7(11)13-5/h1-2,9H2,(H,14,16,17)(H4,10,11,12,13). The molecule has 90 valence electrons. The molecular weight excluding hydrogens is 226 g/mol. The number of H-pyrrole nitrogens is 1. The van der Waals surface area contributed by atoms with Crippen LogP contribution in [0.25, 0.3) is 11.0 Å². The van der Waals surface area contributed by atoms with Crippen molar-refractivity contribution < 1.29 is 0 Å². The zero-order valence-corrected chi connectivity index (χ0v) is 8.80. The van der Waals surface area contributed by atoms with Crippen LogP contribution in [0.2, 0.25) is 0 Å². The van der Waals surface area contributed by atoms with E-state index in [0.717, 1.165) is 0 Å². The van der Waals surface area contributed by atoms with Crippen LogP contribution in [0.4, 0.5) is 11.8 Å². The molecular formula is C8H11N7O2. The third-order valence-corrected chi connectivity index (χ3v) is 2.24. The number of fused-ring (bicyclic) bond motifs is 1. The third-order valence-electron chi connectivity index (χ3n) is 2.24. The van der Waals surface area contributed by atoms with E-state index in [0.29, 0.717) is 0 Å². The van der Waals surface area contributed by atoms with E-state index < -0.39 is 11.2 Å². The second kappa shape index (κ2) is 3.87. The minimum Gasteiger partial charge on any atom is -0.383 e. The highest BCUT2D eigenvalue weighted by molar-refractivity contribution is 5.85. The van der Waals surface area contributed by atoms with Crippen LogP contribution in [-0.4, -0.2) is 26.1 Å². The maximum atomic E-state index is 11.6. The van der Waals surface area contributed by atoms with E-state index in [1.807, 2.05) is 0 Å². The minimum absolute atomic E-state index is 0.0345. The predicted octanol–water partition coefficient (Wildman–Crippen LogP) is -2.40. The fraction of sp³-hybridized carbons (Fsp3) is 0.250. The minimum atomic E-state index is -0.643. The first kappa shape index (κ1) is 11.1. The molecule has 2 aromatic rings. The van der Waals surface area contributed by atoms with E-state index in [2.05, 4.69) is 15.0 Å². The molecule has 0 amide bonds. The van der Waals surface area contributed by atoms with Gasteiger partial charge in [-0.2, -0.15) is 9.97 Å². The number of aromatic nitrogens is 4. The first-order valence-corrected chi connectivity index (χ1v) is 4.80. The summed E-state index contributed by atoms with van der Waals surface area (Å²) in [4.78, 5) is 32.8. The van der Waals surface area contributed by atoms with Gasteiger partial charge in [0.15, 0.2) is 5.65 Å². The van der Waals surface area contributed by atoms with Gasteiger partial charge in [-0.1, -0.05) is 0 Å². The van der Waals surface area contributed by atoms with Crippen molar-refractivity contribution in [2.45, 2.75) is 6.54 Å². The van der Waals surface area contributed by atoms with Crippen molar-refractivity contribution in [1.29, 1.82) is 0 Å². The Balaban J connectivity index is 3.00. The molecule has 0 spiro atoms. The van der Waals surface area contributed by atoms with Crippen LogP contribution in [0.1, 0.15) is 0 Å². The molecule has 0 aliphatic heterocycles. The molecule has 7 N–H and O–H groups in total. The van der Waals surface area contributed by atoms with E-state index in [1.54, 1.807) is 0 Å². The first-order chi connectivity index (χ1) is 8.04. The molecule has 2 rings (SSSR count). The molecule has 9 nitrogen and oxygen atoms in total. The Morgan fingerprint density at radius 3 is 2.59 bits per heavy atom. The van der Waals surface area contributed by atoms with Gasteiger partial charge in [-0.25, -0.2) is 4.79 Å². The summed E-state index contributed by atoms with van der Waals surface area (Å²) < 4.78 is 1.20. The van der Waals surface area contributed by atoms with Gasteiger partial charge in [-0.15, -0.1) is 0 Å². The Morgan fingerprint density at radius 2 is 1.94 bits per heavy atom. The lowest BCUT2D eigenvalue weighted by Gasteiger charge is -2.08. The number of hydrogen-bond acceptors (Lipinski definition) is 7. The molecule has 0 unspecified atom stereocenters. The van der Waals surface area contributed by atoms with Crippen molar-refractivity contribution in [1.82, 2.24) is 19.5 Å². The average Bonchev–Trinajstić information content (AvgIpc) is 2.22. The Bertz CT molecular complexity index is 687. The number of hydrogen-bond donors (Lipinski definition) is 4. The fourth-order valence-electron chi connectivity index (χ4n) is 1.56. The summed E-state index contributed by atoms with van der Waals surface area (Å²) >= 11 is 0. The molecule has 0 aliphatic carbocycles. The molecule has 17 heavy (non-hydrogen) atoms. The summed E-state index contributed by atoms with van der Waals surface area (Å²) in [5, 5.41) is 0.0345. The Hall–Kier alpha value is -2.42. The summed E-state index contributed by atoms with van der Waals surface area (Å²) in [5.41, 5.74) is 15.2. The summed E-state index contributed by atoms with van der Waals surface area (Å²) in [6, 6.07) is 0. The van der Waals surface area contributed by atoms with Gasteiger partial charge in [0.05, 0.1) is 0 Å². The molecule has 2 heterocycles. The van der Waals surface area contributed by atoms with Gasteiger partial charge in [0, 0.05) is 13.1 Å². The van der Waals surface area contributed by atoms with E-state index in [1.165, 1.54) is 4.57 Å². The molecule has 0 aliphatic rings. The molecule has 0 saturated heterocycles. The van der Waals surface area contributed by atoms with E-state index in [-0.39, 0.29) is 35.9 Å². The lowest BCUT2D eigenvalue weighted by molar-refractivity contribution is 0.676. The SMILES string of the molecule is NCCn1c(=O)[nH]c(=O)c2c(N)nc(N)nc21. The number of anilines is 2. The van der Waals surface area contributed by atoms with Crippen molar-refractivity contribution in [3.63, 3.8) is 0 Å². The summed E-state index contributed by atoms with van der Waals surface area (Å²) in [6.45, 7) is 0.410. The predicted molar refractivity (Wildman–Crippen MR) is 62.3 cm³/mol. The van der Waals surface area contributed by atoms with Gasteiger partial charge in [0.25, 0.3) is 5.56 Å². The lowest BCUT2D eigenvalue weighted by atomic mass is 10.3. The van der Waals surface area contributed by atoms with Gasteiger partial charge in [-0.3, -0.25) is 14.3 Å². The van der Waals surface area contributed by atoms with E-state index >= 15 is 0 Å². The quantitative estimate of drug-likeness (QED) is 0.453. The third kappa shape index (κ3) is 1.72. The highest BCUT2D eigenvalue weighted by atomic mass is 16.2. The van der Waals surface area contributed by atoms with Crippen molar-refractivity contribution in [2.24, 2.45) is 5.73 Å². The van der Waals surface area contributed by atoms with Gasteiger partial charge in [-0.05, 0) is 0 Å². The summed E-state index contributed by atoms with van der Waals surface area (Å²) in [6.07, 6.45) is 0. The average molecular weight is 237 g/mol. The maximum Gasteiger partial charge on any atom is 0.330 e. The van der Waals surface area contributed by atoms with Crippen LogP contribution in [0, 0.1) is 0 Å². The monoisotopic (exact) mass is 237 g/mol. The van der Waals surface area contributed by atoms with Crippen LogP contribution in [-0.2, 0) is 6.54 Å². The number of rotatable bonds is 2. The largest absolute Gasteiger partial charge is 0.383 e. The molecule has 0 bridgehead atoms. The van der Waals surface area contributed by atoms with E-state index in [4.69, 9.17) is 17.2 Å². The van der Waals surface area contributed by atoms with E-state index in [9.17, 15) is 9.59 Å². The normalized spacial score (nSPS) is 10.9. The fourth-order valence-corrected chi connectivity index (χ4v) is 1.56. The second-order valence-electron chi connectivity index (χ2n) is 3.37. The lowest BCUT2D eigenvalue weighted by Crippen LogP contribution is -2.33. The van der Waals surface area contributed by atoms with Crippen molar-refractivity contribution in [2.75, 3.05) is 18.0 Å². The highest BCUT2D eigenvalue weighted by Crippen LogP contribution is 2.12. The number of nitrogens with two attached hydrogens (primary N) is 3. The van der Waals surface area contributed by atoms with Gasteiger partial charge < -0.3 is 17.2 Å². The smallest absolute Gasteiger partial charge is 0.330 e. The van der Waals surface area contributed by atoms with Crippen molar-refractivity contribution in [3.05, 3.63) is 20.8 Å².